The molecule has 0 aliphatic rings. The van der Waals surface area contributed by atoms with Gasteiger partial charge in [-0.2, -0.15) is 5.48 Å². The lowest BCUT2D eigenvalue weighted by molar-refractivity contribution is -0.129. The number of ether oxygens (including phenoxy) is 1. The Hall–Kier alpha value is -4.78. The maximum atomic E-state index is 12.4. The summed E-state index contributed by atoms with van der Waals surface area (Å²) in [5.41, 5.74) is 11.3. The van der Waals surface area contributed by atoms with Crippen molar-refractivity contribution in [2.24, 2.45) is 5.73 Å². The molecular weight excluding hydrogens is 442 g/mol. The van der Waals surface area contributed by atoms with Gasteiger partial charge in [-0.1, -0.05) is 60.7 Å². The molecule has 0 radical (unpaired) electrons. The second-order valence-corrected chi connectivity index (χ2v) is 8.01. The lowest BCUT2D eigenvalue weighted by Crippen LogP contribution is -2.31. The predicted octanol–water partition coefficient (Wildman–Crippen LogP) is 4.43. The lowest BCUT2D eigenvalue weighted by Gasteiger charge is -2.10. The summed E-state index contributed by atoms with van der Waals surface area (Å²) in [5, 5.41) is 1.42. The van der Waals surface area contributed by atoms with Gasteiger partial charge in [0.2, 0.25) is 5.91 Å². The Morgan fingerprint density at radius 3 is 2.14 bits per heavy atom. The highest BCUT2D eigenvalue weighted by Crippen LogP contribution is 2.38. The van der Waals surface area contributed by atoms with E-state index in [1.807, 2.05) is 60.7 Å². The summed E-state index contributed by atoms with van der Waals surface area (Å²) in [6.07, 6.45) is 0. The molecule has 0 spiro atoms. The fourth-order valence-corrected chi connectivity index (χ4v) is 4.19. The minimum absolute atomic E-state index is 0.268. The van der Waals surface area contributed by atoms with Gasteiger partial charge in [-0.25, -0.2) is 0 Å². The first kappa shape index (κ1) is 22.0. The minimum atomic E-state index is -0.529. The summed E-state index contributed by atoms with van der Waals surface area (Å²) in [7, 11) is 0. The van der Waals surface area contributed by atoms with Crippen LogP contribution in [0.3, 0.4) is 0 Å². The van der Waals surface area contributed by atoms with Crippen LogP contribution in [-0.4, -0.2) is 23.0 Å². The molecule has 0 fully saturated rings. The monoisotopic (exact) mass is 465 g/mol. The molecule has 35 heavy (non-hydrogen) atoms. The zero-order chi connectivity index (χ0) is 24.2. The molecule has 4 aromatic carbocycles. The van der Waals surface area contributed by atoms with E-state index in [1.54, 1.807) is 36.4 Å². The van der Waals surface area contributed by atoms with E-state index in [1.165, 1.54) is 0 Å². The smallest absolute Gasteiger partial charge is 0.290 e. The van der Waals surface area contributed by atoms with Gasteiger partial charge in [0.25, 0.3) is 5.91 Å². The van der Waals surface area contributed by atoms with Gasteiger partial charge < -0.3 is 19.9 Å². The second-order valence-electron chi connectivity index (χ2n) is 8.01. The standard InChI is InChI=1S/C28H23N3O4/c29-28(33)21-13-7-14-22-26(21)27-23(31(22)17-19-9-3-1-4-10-19)15-8-16-24(27)34-18-25(32)30-35-20-11-5-2-6-12-20/h1-16H,17-18H2,(H2,29,33)(H,30,32). The summed E-state index contributed by atoms with van der Waals surface area (Å²) < 4.78 is 8.04. The number of hydrogen-bond donors (Lipinski definition) is 2. The van der Waals surface area contributed by atoms with Crippen molar-refractivity contribution in [2.45, 2.75) is 6.54 Å². The number of carbonyl (C=O) groups excluding carboxylic acids is 2. The number of nitrogens with zero attached hydrogens (tertiary/aromatic N) is 1. The Labute approximate surface area is 201 Å². The van der Waals surface area contributed by atoms with Crippen molar-refractivity contribution >= 4 is 33.6 Å². The Bertz CT molecular complexity index is 1510. The van der Waals surface area contributed by atoms with Gasteiger partial charge in [-0.3, -0.25) is 9.59 Å². The van der Waals surface area contributed by atoms with Gasteiger partial charge in [-0.05, 0) is 42.0 Å². The normalized spacial score (nSPS) is 10.9. The number of fused-ring (bicyclic) bond motifs is 3. The number of hydrogen-bond acceptors (Lipinski definition) is 4. The lowest BCUT2D eigenvalue weighted by atomic mass is 10.1. The van der Waals surface area contributed by atoms with Crippen molar-refractivity contribution in [2.75, 3.05) is 6.61 Å². The molecule has 2 amide bonds. The SMILES string of the molecule is NC(=O)c1cccc2c1c1c(OCC(=O)NOc3ccccc3)cccc1n2Cc1ccccc1. The van der Waals surface area contributed by atoms with Crippen LogP contribution in [0, 0.1) is 0 Å². The number of primary amides is 1. The fourth-order valence-electron chi connectivity index (χ4n) is 4.19. The van der Waals surface area contributed by atoms with Gasteiger partial charge in [0.1, 0.15) is 5.75 Å². The van der Waals surface area contributed by atoms with E-state index in [-0.39, 0.29) is 6.61 Å². The zero-order valence-corrected chi connectivity index (χ0v) is 18.8. The van der Waals surface area contributed by atoms with E-state index in [2.05, 4.69) is 10.0 Å². The highest BCUT2D eigenvalue weighted by atomic mass is 16.7. The molecule has 0 bridgehead atoms. The molecule has 174 valence electrons. The molecule has 0 aliphatic carbocycles. The third kappa shape index (κ3) is 4.52. The van der Waals surface area contributed by atoms with Crippen LogP contribution in [0.2, 0.25) is 0 Å². The Balaban J connectivity index is 1.51. The van der Waals surface area contributed by atoms with E-state index in [4.69, 9.17) is 15.3 Å². The summed E-state index contributed by atoms with van der Waals surface area (Å²) in [6, 6.07) is 30.1. The molecular formula is C28H23N3O4. The molecule has 1 heterocycles. The summed E-state index contributed by atoms with van der Waals surface area (Å²) in [5.74, 6) is 0.00748. The van der Waals surface area contributed by atoms with Gasteiger partial charge in [0.05, 0.1) is 16.4 Å². The largest absolute Gasteiger partial charge is 0.483 e. The van der Waals surface area contributed by atoms with Gasteiger partial charge in [0.15, 0.2) is 12.4 Å². The Morgan fingerprint density at radius 2 is 1.43 bits per heavy atom. The van der Waals surface area contributed by atoms with Gasteiger partial charge >= 0.3 is 0 Å². The number of amides is 2. The van der Waals surface area contributed by atoms with Crippen LogP contribution < -0.4 is 20.8 Å². The Morgan fingerprint density at radius 1 is 0.771 bits per heavy atom. The molecule has 0 unspecified atom stereocenters. The van der Waals surface area contributed by atoms with Crippen molar-refractivity contribution < 1.29 is 19.2 Å². The predicted molar refractivity (Wildman–Crippen MR) is 134 cm³/mol. The van der Waals surface area contributed by atoms with Crippen molar-refractivity contribution in [3.8, 4) is 11.5 Å². The Kier molecular flexibility index (Phi) is 6.05. The molecule has 5 aromatic rings. The van der Waals surface area contributed by atoms with E-state index in [0.29, 0.717) is 29.0 Å². The van der Waals surface area contributed by atoms with Crippen LogP contribution >= 0.6 is 0 Å². The molecule has 3 N–H and O–H groups in total. The number of carbonyl (C=O) groups is 2. The summed E-state index contributed by atoms with van der Waals surface area (Å²) in [6.45, 7) is 0.327. The fraction of sp³-hybridized carbons (Fsp3) is 0.0714. The summed E-state index contributed by atoms with van der Waals surface area (Å²) in [4.78, 5) is 30.0. The van der Waals surface area contributed by atoms with Crippen molar-refractivity contribution in [1.82, 2.24) is 10.0 Å². The molecule has 0 saturated heterocycles. The average molecular weight is 466 g/mol. The number of aromatic nitrogens is 1. The van der Waals surface area contributed by atoms with Gasteiger partial charge in [-0.15, -0.1) is 0 Å². The van der Waals surface area contributed by atoms with Crippen LogP contribution in [0.5, 0.6) is 11.5 Å². The van der Waals surface area contributed by atoms with E-state index in [0.717, 1.165) is 22.0 Å². The number of hydroxylamine groups is 1. The van der Waals surface area contributed by atoms with Crippen molar-refractivity contribution in [3.63, 3.8) is 0 Å². The quantitative estimate of drug-likeness (QED) is 0.332. The third-order valence-corrected chi connectivity index (χ3v) is 5.71. The number of rotatable bonds is 8. The third-order valence-electron chi connectivity index (χ3n) is 5.71. The van der Waals surface area contributed by atoms with Crippen molar-refractivity contribution in [1.29, 1.82) is 0 Å². The average Bonchev–Trinajstić information content (AvgIpc) is 3.21. The number of para-hydroxylation sites is 1. The summed E-state index contributed by atoms with van der Waals surface area (Å²) >= 11 is 0. The van der Waals surface area contributed by atoms with Crippen LogP contribution in [-0.2, 0) is 11.3 Å². The minimum Gasteiger partial charge on any atom is -0.483 e. The maximum Gasteiger partial charge on any atom is 0.290 e. The molecule has 0 atom stereocenters. The first-order chi connectivity index (χ1) is 17.1. The first-order valence-corrected chi connectivity index (χ1v) is 11.1. The number of benzene rings is 4. The van der Waals surface area contributed by atoms with E-state index >= 15 is 0 Å². The molecule has 7 nitrogen and oxygen atoms in total. The molecule has 1 aromatic heterocycles. The van der Waals surface area contributed by atoms with Crippen LogP contribution in [0.25, 0.3) is 21.8 Å². The number of nitrogens with one attached hydrogen (secondary N) is 1. The zero-order valence-electron chi connectivity index (χ0n) is 18.8. The molecule has 0 saturated carbocycles. The maximum absolute atomic E-state index is 12.4. The van der Waals surface area contributed by atoms with E-state index in [9.17, 15) is 9.59 Å². The van der Waals surface area contributed by atoms with E-state index < -0.39 is 11.8 Å². The van der Waals surface area contributed by atoms with Crippen LogP contribution in [0.1, 0.15) is 15.9 Å². The molecule has 0 aliphatic heterocycles. The van der Waals surface area contributed by atoms with Crippen molar-refractivity contribution in [3.05, 3.63) is 108 Å². The molecule has 7 heteroatoms. The van der Waals surface area contributed by atoms with Crippen LogP contribution in [0.15, 0.2) is 97.1 Å². The number of nitrogens with two attached hydrogens (primary N) is 1. The molecule has 5 rings (SSSR count). The first-order valence-electron chi connectivity index (χ1n) is 11.1. The highest BCUT2D eigenvalue weighted by Gasteiger charge is 2.20. The topological polar surface area (TPSA) is 95.6 Å². The van der Waals surface area contributed by atoms with Gasteiger partial charge in [0, 0.05) is 17.5 Å². The second kappa shape index (κ2) is 9.61. The highest BCUT2D eigenvalue weighted by molar-refractivity contribution is 6.19. The van der Waals surface area contributed by atoms with Crippen LogP contribution in [0.4, 0.5) is 0 Å².